The minimum atomic E-state index is -3.57. The second kappa shape index (κ2) is 9.94. The van der Waals surface area contributed by atoms with Crippen molar-refractivity contribution in [2.45, 2.75) is 37.6 Å². The van der Waals surface area contributed by atoms with Crippen molar-refractivity contribution in [3.63, 3.8) is 0 Å². The van der Waals surface area contributed by atoms with Crippen LogP contribution < -0.4 is 10.1 Å². The van der Waals surface area contributed by atoms with E-state index in [-0.39, 0.29) is 22.8 Å². The summed E-state index contributed by atoms with van der Waals surface area (Å²) in [4.78, 5) is 12.9. The van der Waals surface area contributed by atoms with Crippen LogP contribution in [0.3, 0.4) is 0 Å². The molecule has 1 aliphatic rings. The third-order valence-electron chi connectivity index (χ3n) is 5.33. The van der Waals surface area contributed by atoms with Gasteiger partial charge in [0.15, 0.2) is 0 Å². The van der Waals surface area contributed by atoms with Crippen LogP contribution in [0.15, 0.2) is 57.9 Å². The SMILES string of the molecule is CCOc1ccc(S(=O)(=O)N2CCC(C(=O)N[C@@H](C)c3ccc(Br)cc3)CC2)cc1. The Morgan fingerprint density at radius 1 is 1.13 bits per heavy atom. The van der Waals surface area contributed by atoms with Crippen LogP contribution in [0, 0.1) is 5.92 Å². The fourth-order valence-corrected chi connectivity index (χ4v) is 5.28. The van der Waals surface area contributed by atoms with Gasteiger partial charge in [-0.15, -0.1) is 0 Å². The van der Waals surface area contributed by atoms with E-state index < -0.39 is 10.0 Å². The van der Waals surface area contributed by atoms with Gasteiger partial charge in [-0.2, -0.15) is 4.31 Å². The Morgan fingerprint density at radius 2 is 1.73 bits per heavy atom. The highest BCUT2D eigenvalue weighted by molar-refractivity contribution is 9.10. The minimum Gasteiger partial charge on any atom is -0.494 e. The number of halogens is 1. The summed E-state index contributed by atoms with van der Waals surface area (Å²) in [6.45, 7) is 5.03. The lowest BCUT2D eigenvalue weighted by atomic mass is 9.96. The fourth-order valence-electron chi connectivity index (χ4n) is 3.55. The van der Waals surface area contributed by atoms with Crippen LogP contribution in [0.2, 0.25) is 0 Å². The Labute approximate surface area is 186 Å². The van der Waals surface area contributed by atoms with E-state index in [4.69, 9.17) is 4.74 Å². The summed E-state index contributed by atoms with van der Waals surface area (Å²) in [5, 5.41) is 3.05. The Kier molecular flexibility index (Phi) is 7.55. The first-order valence-corrected chi connectivity index (χ1v) is 12.3. The van der Waals surface area contributed by atoms with Crippen LogP contribution in [0.4, 0.5) is 0 Å². The number of nitrogens with one attached hydrogen (secondary N) is 1. The monoisotopic (exact) mass is 494 g/mol. The van der Waals surface area contributed by atoms with Gasteiger partial charge >= 0.3 is 0 Å². The van der Waals surface area contributed by atoms with E-state index in [0.29, 0.717) is 38.3 Å². The second-order valence-corrected chi connectivity index (χ2v) is 10.2. The Balaban J connectivity index is 1.56. The molecule has 8 heteroatoms. The zero-order valence-corrected chi connectivity index (χ0v) is 19.6. The maximum absolute atomic E-state index is 12.9. The van der Waals surface area contributed by atoms with Gasteiger partial charge in [0.2, 0.25) is 15.9 Å². The minimum absolute atomic E-state index is 0.0245. The number of amides is 1. The number of rotatable bonds is 7. The summed E-state index contributed by atoms with van der Waals surface area (Å²) < 4.78 is 33.6. The highest BCUT2D eigenvalue weighted by Gasteiger charge is 2.32. The number of carbonyl (C=O) groups excluding carboxylic acids is 1. The van der Waals surface area contributed by atoms with E-state index in [1.165, 1.54) is 4.31 Å². The number of carbonyl (C=O) groups is 1. The van der Waals surface area contributed by atoms with E-state index >= 15 is 0 Å². The molecule has 2 aromatic carbocycles. The van der Waals surface area contributed by atoms with Gasteiger partial charge in [-0.25, -0.2) is 8.42 Å². The molecule has 3 rings (SSSR count). The van der Waals surface area contributed by atoms with Crippen LogP contribution >= 0.6 is 15.9 Å². The summed E-state index contributed by atoms with van der Waals surface area (Å²) in [5.41, 5.74) is 1.03. The van der Waals surface area contributed by atoms with Crippen molar-refractivity contribution in [1.82, 2.24) is 9.62 Å². The molecule has 6 nitrogen and oxygen atoms in total. The molecule has 1 heterocycles. The molecule has 1 amide bonds. The maximum Gasteiger partial charge on any atom is 0.243 e. The zero-order chi connectivity index (χ0) is 21.7. The quantitative estimate of drug-likeness (QED) is 0.627. The van der Waals surface area contributed by atoms with Gasteiger partial charge in [0.25, 0.3) is 0 Å². The highest BCUT2D eigenvalue weighted by Crippen LogP contribution is 2.26. The van der Waals surface area contributed by atoms with Gasteiger partial charge in [-0.05, 0) is 68.7 Å². The van der Waals surface area contributed by atoms with E-state index in [9.17, 15) is 13.2 Å². The number of hydrogen-bond donors (Lipinski definition) is 1. The number of ether oxygens (including phenoxy) is 1. The van der Waals surface area contributed by atoms with Gasteiger partial charge in [0.05, 0.1) is 17.5 Å². The molecule has 1 aliphatic heterocycles. The summed E-state index contributed by atoms with van der Waals surface area (Å²) in [7, 11) is -3.57. The van der Waals surface area contributed by atoms with Crippen molar-refractivity contribution in [3.05, 3.63) is 58.6 Å². The summed E-state index contributed by atoms with van der Waals surface area (Å²) in [6.07, 6.45) is 1.02. The molecule has 0 aromatic heterocycles. The van der Waals surface area contributed by atoms with Gasteiger partial charge in [-0.3, -0.25) is 4.79 Å². The van der Waals surface area contributed by atoms with Crippen molar-refractivity contribution in [2.24, 2.45) is 5.92 Å². The molecule has 1 N–H and O–H groups in total. The number of benzene rings is 2. The van der Waals surface area contributed by atoms with Crippen LogP contribution in [0.5, 0.6) is 5.75 Å². The number of nitrogens with zero attached hydrogens (tertiary/aromatic N) is 1. The summed E-state index contributed by atoms with van der Waals surface area (Å²) >= 11 is 3.41. The standard InChI is InChI=1S/C22H27BrN2O4S/c1-3-29-20-8-10-21(11-9-20)30(27,28)25-14-12-18(13-15-25)22(26)24-16(2)17-4-6-19(23)7-5-17/h4-11,16,18H,3,12-15H2,1-2H3,(H,24,26)/t16-/m0/s1. The molecule has 0 aliphatic carbocycles. The van der Waals surface area contributed by atoms with Crippen molar-refractivity contribution in [3.8, 4) is 5.75 Å². The number of sulfonamides is 1. The highest BCUT2D eigenvalue weighted by atomic mass is 79.9. The third-order valence-corrected chi connectivity index (χ3v) is 7.77. The molecule has 0 radical (unpaired) electrons. The Morgan fingerprint density at radius 3 is 2.30 bits per heavy atom. The largest absolute Gasteiger partial charge is 0.494 e. The molecule has 2 aromatic rings. The average Bonchev–Trinajstić information content (AvgIpc) is 2.75. The molecule has 30 heavy (non-hydrogen) atoms. The molecule has 0 spiro atoms. The first-order chi connectivity index (χ1) is 14.3. The lowest BCUT2D eigenvalue weighted by molar-refractivity contribution is -0.126. The predicted molar refractivity (Wildman–Crippen MR) is 120 cm³/mol. The second-order valence-electron chi connectivity index (χ2n) is 7.36. The molecule has 0 unspecified atom stereocenters. The van der Waals surface area contributed by atoms with Crippen LogP contribution in [0.1, 0.15) is 38.3 Å². The van der Waals surface area contributed by atoms with Gasteiger partial charge < -0.3 is 10.1 Å². The van der Waals surface area contributed by atoms with Gasteiger partial charge in [-0.1, -0.05) is 28.1 Å². The summed E-state index contributed by atoms with van der Waals surface area (Å²) in [5.74, 6) is 0.435. The van der Waals surface area contributed by atoms with Crippen molar-refractivity contribution < 1.29 is 17.9 Å². The number of hydrogen-bond acceptors (Lipinski definition) is 4. The van der Waals surface area contributed by atoms with Crippen molar-refractivity contribution in [2.75, 3.05) is 19.7 Å². The molecule has 1 saturated heterocycles. The van der Waals surface area contributed by atoms with Gasteiger partial charge in [0, 0.05) is 23.5 Å². The van der Waals surface area contributed by atoms with E-state index in [1.807, 2.05) is 38.1 Å². The normalized spacial score (nSPS) is 16.8. The maximum atomic E-state index is 12.9. The molecule has 0 saturated carbocycles. The van der Waals surface area contributed by atoms with Crippen LogP contribution in [-0.2, 0) is 14.8 Å². The Hall–Kier alpha value is -1.90. The van der Waals surface area contributed by atoms with Crippen molar-refractivity contribution in [1.29, 1.82) is 0 Å². The predicted octanol–water partition coefficient (Wildman–Crippen LogP) is 4.13. The van der Waals surface area contributed by atoms with Crippen LogP contribution in [0.25, 0.3) is 0 Å². The fraction of sp³-hybridized carbons (Fsp3) is 0.409. The zero-order valence-electron chi connectivity index (χ0n) is 17.2. The molecule has 162 valence electrons. The molecule has 1 atom stereocenters. The smallest absolute Gasteiger partial charge is 0.243 e. The lowest BCUT2D eigenvalue weighted by Crippen LogP contribution is -2.43. The topological polar surface area (TPSA) is 75.7 Å². The van der Waals surface area contributed by atoms with E-state index in [0.717, 1.165) is 10.0 Å². The molecular formula is C22H27BrN2O4S. The number of piperidine rings is 1. The third kappa shape index (κ3) is 5.42. The first-order valence-electron chi connectivity index (χ1n) is 10.1. The average molecular weight is 495 g/mol. The van der Waals surface area contributed by atoms with Crippen molar-refractivity contribution >= 4 is 31.9 Å². The van der Waals surface area contributed by atoms with E-state index in [2.05, 4.69) is 21.2 Å². The lowest BCUT2D eigenvalue weighted by Gasteiger charge is -2.31. The first kappa shape index (κ1) is 22.8. The molecule has 0 bridgehead atoms. The molecule has 1 fully saturated rings. The van der Waals surface area contributed by atoms with Gasteiger partial charge in [0.1, 0.15) is 5.75 Å². The summed E-state index contributed by atoms with van der Waals surface area (Å²) in [6, 6.07) is 14.2. The molecular weight excluding hydrogens is 468 g/mol. The Bertz CT molecular complexity index is 954. The van der Waals surface area contributed by atoms with Crippen LogP contribution in [-0.4, -0.2) is 38.3 Å². The van der Waals surface area contributed by atoms with E-state index in [1.54, 1.807) is 24.3 Å².